The highest BCUT2D eigenvalue weighted by molar-refractivity contribution is 5.98. The normalized spacial score (nSPS) is 13.3. The molecule has 0 radical (unpaired) electrons. The van der Waals surface area contributed by atoms with Gasteiger partial charge in [-0.3, -0.25) is 14.4 Å². The first-order chi connectivity index (χ1) is 15.6. The molecule has 0 aliphatic carbocycles. The molecule has 32 heavy (non-hydrogen) atoms. The molecule has 0 atom stereocenters. The third-order valence-corrected chi connectivity index (χ3v) is 5.45. The Bertz CT molecular complexity index is 921. The number of rotatable bonds is 9. The summed E-state index contributed by atoms with van der Waals surface area (Å²) in [6.45, 7) is 4.40. The van der Waals surface area contributed by atoms with E-state index in [1.54, 1.807) is 48.5 Å². The molecule has 3 N–H and O–H groups in total. The monoisotopic (exact) mass is 436 g/mol. The number of carbonyl (C=O) groups excluding carboxylic acids is 3. The molecule has 2 aromatic carbocycles. The maximum absolute atomic E-state index is 12.7. The Labute approximate surface area is 189 Å². The standard InChI is InChI=1S/C25H32N4O3/c1-2-3-14-26-24(31)19-10-12-21(13-11-19)27-18-23(30)28-22-9-7-8-20(17-22)25(32)29-15-5-4-6-16-29/h7-13,17,27H,2-6,14-16,18H2,1H3,(H,26,31)(H,28,30). The third kappa shape index (κ3) is 6.83. The number of carbonyl (C=O) groups is 3. The van der Waals surface area contributed by atoms with E-state index in [-0.39, 0.29) is 24.3 Å². The maximum Gasteiger partial charge on any atom is 0.253 e. The highest BCUT2D eigenvalue weighted by atomic mass is 16.2. The Hall–Kier alpha value is -3.35. The lowest BCUT2D eigenvalue weighted by Gasteiger charge is -2.26. The summed E-state index contributed by atoms with van der Waals surface area (Å²) in [6, 6.07) is 14.1. The Morgan fingerprint density at radius 1 is 0.906 bits per heavy atom. The van der Waals surface area contributed by atoms with Gasteiger partial charge in [0.05, 0.1) is 6.54 Å². The molecule has 2 aromatic rings. The number of likely N-dealkylation sites (tertiary alicyclic amines) is 1. The van der Waals surface area contributed by atoms with Crippen molar-refractivity contribution in [2.75, 3.05) is 36.8 Å². The van der Waals surface area contributed by atoms with Crippen LogP contribution in [0.15, 0.2) is 48.5 Å². The predicted molar refractivity (Wildman–Crippen MR) is 127 cm³/mol. The first-order valence-electron chi connectivity index (χ1n) is 11.4. The van der Waals surface area contributed by atoms with E-state index in [0.717, 1.165) is 44.5 Å². The summed E-state index contributed by atoms with van der Waals surface area (Å²) in [4.78, 5) is 39.0. The minimum absolute atomic E-state index is 0.0118. The molecule has 1 fully saturated rings. The van der Waals surface area contributed by atoms with Crippen LogP contribution in [0.5, 0.6) is 0 Å². The molecule has 0 unspecified atom stereocenters. The van der Waals surface area contributed by atoms with Gasteiger partial charge in [0.1, 0.15) is 0 Å². The van der Waals surface area contributed by atoms with Crippen molar-refractivity contribution in [1.82, 2.24) is 10.2 Å². The van der Waals surface area contributed by atoms with Gasteiger partial charge in [0.2, 0.25) is 5.91 Å². The summed E-state index contributed by atoms with van der Waals surface area (Å²) in [5.74, 6) is -0.298. The van der Waals surface area contributed by atoms with Crippen LogP contribution in [0.3, 0.4) is 0 Å². The van der Waals surface area contributed by atoms with Crippen molar-refractivity contribution in [3.63, 3.8) is 0 Å². The summed E-state index contributed by atoms with van der Waals surface area (Å²) < 4.78 is 0. The highest BCUT2D eigenvalue weighted by Gasteiger charge is 2.18. The summed E-state index contributed by atoms with van der Waals surface area (Å²) in [5, 5.41) is 8.77. The summed E-state index contributed by atoms with van der Waals surface area (Å²) in [7, 11) is 0. The van der Waals surface area contributed by atoms with Gasteiger partial charge in [-0.05, 0) is 68.1 Å². The minimum Gasteiger partial charge on any atom is -0.376 e. The number of hydrogen-bond acceptors (Lipinski definition) is 4. The maximum atomic E-state index is 12.7. The molecule has 1 heterocycles. The van der Waals surface area contributed by atoms with Gasteiger partial charge in [-0.25, -0.2) is 0 Å². The van der Waals surface area contributed by atoms with Crippen LogP contribution in [0.1, 0.15) is 59.7 Å². The zero-order valence-electron chi connectivity index (χ0n) is 18.7. The molecule has 3 amide bonds. The van der Waals surface area contributed by atoms with Gasteiger partial charge in [0.15, 0.2) is 0 Å². The highest BCUT2D eigenvalue weighted by Crippen LogP contribution is 2.16. The molecule has 1 saturated heterocycles. The molecular weight excluding hydrogens is 404 g/mol. The topological polar surface area (TPSA) is 90.5 Å². The fourth-order valence-electron chi connectivity index (χ4n) is 3.62. The van der Waals surface area contributed by atoms with Gasteiger partial charge in [-0.2, -0.15) is 0 Å². The largest absolute Gasteiger partial charge is 0.376 e. The lowest BCUT2D eigenvalue weighted by atomic mass is 10.1. The van der Waals surface area contributed by atoms with Gasteiger partial charge < -0.3 is 20.9 Å². The van der Waals surface area contributed by atoms with Crippen molar-refractivity contribution in [3.05, 3.63) is 59.7 Å². The summed E-state index contributed by atoms with van der Waals surface area (Å²) in [5.41, 5.74) is 2.52. The Morgan fingerprint density at radius 2 is 1.66 bits per heavy atom. The zero-order valence-corrected chi connectivity index (χ0v) is 18.7. The SMILES string of the molecule is CCCCNC(=O)c1ccc(NCC(=O)Nc2cccc(C(=O)N3CCCCC3)c2)cc1. The van der Waals surface area contributed by atoms with E-state index in [1.165, 1.54) is 6.42 Å². The first kappa shape index (κ1) is 23.3. The first-order valence-corrected chi connectivity index (χ1v) is 11.4. The van der Waals surface area contributed by atoms with Crippen molar-refractivity contribution < 1.29 is 14.4 Å². The second kappa shape index (κ2) is 11.9. The van der Waals surface area contributed by atoms with Crippen LogP contribution >= 0.6 is 0 Å². The van der Waals surface area contributed by atoms with Gasteiger partial charge >= 0.3 is 0 Å². The second-order valence-corrected chi connectivity index (χ2v) is 8.02. The molecule has 1 aliphatic rings. The Balaban J connectivity index is 1.48. The van der Waals surface area contributed by atoms with Gasteiger partial charge in [0.25, 0.3) is 11.8 Å². The van der Waals surface area contributed by atoms with Crippen molar-refractivity contribution in [3.8, 4) is 0 Å². The van der Waals surface area contributed by atoms with Gasteiger partial charge in [0, 0.05) is 42.1 Å². The second-order valence-electron chi connectivity index (χ2n) is 8.02. The van der Waals surface area contributed by atoms with E-state index in [2.05, 4.69) is 22.9 Å². The van der Waals surface area contributed by atoms with Crippen LogP contribution in [-0.2, 0) is 4.79 Å². The van der Waals surface area contributed by atoms with E-state index in [0.29, 0.717) is 23.4 Å². The lowest BCUT2D eigenvalue weighted by Crippen LogP contribution is -2.35. The molecule has 0 aromatic heterocycles. The summed E-state index contributed by atoms with van der Waals surface area (Å²) >= 11 is 0. The summed E-state index contributed by atoms with van der Waals surface area (Å²) in [6.07, 6.45) is 5.23. The molecule has 1 aliphatic heterocycles. The minimum atomic E-state index is -0.214. The molecular formula is C25H32N4O3. The molecule has 7 heteroatoms. The zero-order chi connectivity index (χ0) is 22.8. The van der Waals surface area contributed by atoms with Crippen LogP contribution < -0.4 is 16.0 Å². The van der Waals surface area contributed by atoms with Crippen LogP contribution in [0.2, 0.25) is 0 Å². The van der Waals surface area contributed by atoms with Crippen molar-refractivity contribution in [1.29, 1.82) is 0 Å². The fraction of sp³-hybridized carbons (Fsp3) is 0.400. The smallest absolute Gasteiger partial charge is 0.253 e. The lowest BCUT2D eigenvalue weighted by molar-refractivity contribution is -0.114. The number of nitrogens with one attached hydrogen (secondary N) is 3. The third-order valence-electron chi connectivity index (χ3n) is 5.45. The van der Waals surface area contributed by atoms with Crippen LogP contribution in [0.4, 0.5) is 11.4 Å². The number of anilines is 2. The van der Waals surface area contributed by atoms with Crippen LogP contribution in [0.25, 0.3) is 0 Å². The number of piperidine rings is 1. The van der Waals surface area contributed by atoms with E-state index in [9.17, 15) is 14.4 Å². The van der Waals surface area contributed by atoms with Crippen molar-refractivity contribution in [2.45, 2.75) is 39.0 Å². The van der Waals surface area contributed by atoms with Gasteiger partial charge in [-0.1, -0.05) is 19.4 Å². The number of benzene rings is 2. The molecule has 0 spiro atoms. The van der Waals surface area contributed by atoms with Crippen LogP contribution in [-0.4, -0.2) is 48.8 Å². The average Bonchev–Trinajstić information content (AvgIpc) is 2.83. The fourth-order valence-corrected chi connectivity index (χ4v) is 3.62. The van der Waals surface area contributed by atoms with Gasteiger partial charge in [-0.15, -0.1) is 0 Å². The van der Waals surface area contributed by atoms with E-state index >= 15 is 0 Å². The van der Waals surface area contributed by atoms with Crippen molar-refractivity contribution >= 4 is 29.1 Å². The number of amides is 3. The Kier molecular flexibility index (Phi) is 8.66. The number of hydrogen-bond donors (Lipinski definition) is 3. The number of unbranched alkanes of at least 4 members (excludes halogenated alkanes) is 1. The predicted octanol–water partition coefficient (Wildman–Crippen LogP) is 3.89. The molecule has 0 saturated carbocycles. The van der Waals surface area contributed by atoms with E-state index in [4.69, 9.17) is 0 Å². The molecule has 7 nitrogen and oxygen atoms in total. The Morgan fingerprint density at radius 3 is 2.38 bits per heavy atom. The molecule has 170 valence electrons. The quantitative estimate of drug-likeness (QED) is 0.520. The molecule has 3 rings (SSSR count). The number of nitrogens with zero attached hydrogens (tertiary/aromatic N) is 1. The molecule has 0 bridgehead atoms. The van der Waals surface area contributed by atoms with Crippen molar-refractivity contribution in [2.24, 2.45) is 0 Å². The van der Waals surface area contributed by atoms with E-state index < -0.39 is 0 Å². The van der Waals surface area contributed by atoms with E-state index in [1.807, 2.05) is 4.90 Å². The van der Waals surface area contributed by atoms with Crippen LogP contribution in [0, 0.1) is 0 Å². The average molecular weight is 437 g/mol.